The van der Waals surface area contributed by atoms with E-state index in [1.165, 1.54) is 11.3 Å². The van der Waals surface area contributed by atoms with Crippen LogP contribution in [0.2, 0.25) is 0 Å². The average molecular weight is 421 g/mol. The topological polar surface area (TPSA) is 66.4 Å². The van der Waals surface area contributed by atoms with Gasteiger partial charge in [0.05, 0.1) is 7.57 Å². The first-order valence-electron chi connectivity index (χ1n) is 5.46. The van der Waals surface area contributed by atoms with Gasteiger partial charge in [-0.15, -0.1) is 11.3 Å². The van der Waals surface area contributed by atoms with Gasteiger partial charge in [-0.25, -0.2) is 13.1 Å². The summed E-state index contributed by atoms with van der Waals surface area (Å²) in [4.78, 5) is 0.248. The molecule has 0 aliphatic heterocycles. The van der Waals surface area contributed by atoms with E-state index in [4.69, 9.17) is 5.11 Å². The molecule has 18 heavy (non-hydrogen) atoms. The highest BCUT2D eigenvalue weighted by Gasteiger charge is 2.21. The summed E-state index contributed by atoms with van der Waals surface area (Å²) in [5.74, 6) is 0.158. The van der Waals surface area contributed by atoms with Gasteiger partial charge in [-0.2, -0.15) is 0 Å². The lowest BCUT2D eigenvalue weighted by Crippen LogP contribution is -2.29. The first-order valence-corrected chi connectivity index (χ1v) is 9.34. The van der Waals surface area contributed by atoms with E-state index in [1.54, 1.807) is 6.07 Å². The summed E-state index contributed by atoms with van der Waals surface area (Å²) in [6, 6.07) is 1.57. The maximum atomic E-state index is 12.1. The number of halogens is 2. The first kappa shape index (κ1) is 16.6. The van der Waals surface area contributed by atoms with E-state index >= 15 is 0 Å². The van der Waals surface area contributed by atoms with Crippen LogP contribution in [0, 0.1) is 5.92 Å². The molecule has 1 aromatic heterocycles. The van der Waals surface area contributed by atoms with E-state index in [0.717, 1.165) is 10.2 Å². The smallest absolute Gasteiger partial charge is 0.242 e. The first-order chi connectivity index (χ1) is 8.40. The lowest BCUT2D eigenvalue weighted by molar-refractivity contribution is 0.254. The van der Waals surface area contributed by atoms with Gasteiger partial charge in [0.1, 0.15) is 4.90 Å². The molecule has 0 fully saturated rings. The predicted octanol–water partition coefficient (Wildman–Crippen LogP) is 2.96. The van der Waals surface area contributed by atoms with Crippen molar-refractivity contribution in [3.05, 3.63) is 13.6 Å². The van der Waals surface area contributed by atoms with E-state index in [2.05, 4.69) is 36.6 Å². The molecule has 0 bridgehead atoms. The molecule has 0 aromatic carbocycles. The molecule has 0 amide bonds. The molecule has 0 spiro atoms. The summed E-state index contributed by atoms with van der Waals surface area (Å²) in [5, 5.41) is 8.87. The largest absolute Gasteiger partial charge is 0.396 e. The number of hydrogen-bond acceptors (Lipinski definition) is 4. The minimum Gasteiger partial charge on any atom is -0.396 e. The molecule has 1 heterocycles. The van der Waals surface area contributed by atoms with Crippen LogP contribution in [0.5, 0.6) is 0 Å². The van der Waals surface area contributed by atoms with Crippen LogP contribution in [0.3, 0.4) is 0 Å². The Bertz CT molecular complexity index is 487. The number of nitrogens with one attached hydrogen (secondary N) is 1. The molecule has 0 radical (unpaired) electrons. The van der Waals surface area contributed by atoms with Crippen molar-refractivity contribution < 1.29 is 13.5 Å². The second kappa shape index (κ2) is 7.35. The molecule has 0 aliphatic carbocycles. The summed E-state index contributed by atoms with van der Waals surface area (Å²) >= 11 is 7.81. The molecule has 1 unspecified atom stereocenters. The van der Waals surface area contributed by atoms with Crippen LogP contribution in [0.4, 0.5) is 0 Å². The number of sulfonamides is 1. The van der Waals surface area contributed by atoms with Crippen molar-refractivity contribution in [1.82, 2.24) is 4.72 Å². The lowest BCUT2D eigenvalue weighted by atomic mass is 10.0. The maximum absolute atomic E-state index is 12.1. The third kappa shape index (κ3) is 4.57. The van der Waals surface area contributed by atoms with Crippen molar-refractivity contribution >= 4 is 53.2 Å². The summed E-state index contributed by atoms with van der Waals surface area (Å²) in [6.07, 6.45) is 1.44. The second-order valence-electron chi connectivity index (χ2n) is 3.83. The van der Waals surface area contributed by atoms with Gasteiger partial charge in [0.2, 0.25) is 10.0 Å². The molecule has 2 N–H and O–H groups in total. The number of thiophene rings is 1. The summed E-state index contributed by atoms with van der Waals surface area (Å²) in [7, 11) is -3.49. The van der Waals surface area contributed by atoms with Crippen LogP contribution < -0.4 is 4.72 Å². The van der Waals surface area contributed by atoms with Gasteiger partial charge in [0, 0.05) is 13.2 Å². The fourth-order valence-electron chi connectivity index (χ4n) is 1.45. The van der Waals surface area contributed by atoms with Gasteiger partial charge in [-0.1, -0.05) is 13.3 Å². The molecule has 0 aliphatic rings. The summed E-state index contributed by atoms with van der Waals surface area (Å²) in [5.41, 5.74) is 0. The Hall–Kier alpha value is 0.530. The quantitative estimate of drug-likeness (QED) is 0.712. The number of rotatable bonds is 7. The number of aliphatic hydroxyl groups is 1. The Morgan fingerprint density at radius 2 is 2.17 bits per heavy atom. The van der Waals surface area contributed by atoms with Crippen LogP contribution in [0.1, 0.15) is 19.8 Å². The van der Waals surface area contributed by atoms with Gasteiger partial charge >= 0.3 is 0 Å². The van der Waals surface area contributed by atoms with Crippen molar-refractivity contribution in [3.8, 4) is 0 Å². The van der Waals surface area contributed by atoms with Crippen molar-refractivity contribution in [2.75, 3.05) is 13.2 Å². The summed E-state index contributed by atoms with van der Waals surface area (Å²) < 4.78 is 28.1. The van der Waals surface area contributed by atoms with Crippen LogP contribution in [0.15, 0.2) is 18.5 Å². The average Bonchev–Trinajstić information content (AvgIpc) is 2.64. The third-order valence-electron chi connectivity index (χ3n) is 2.59. The SMILES string of the molecule is CCC(CCO)CNS(=O)(=O)c1cc(Br)sc1Br. The molecule has 0 saturated heterocycles. The van der Waals surface area contributed by atoms with Crippen molar-refractivity contribution in [2.24, 2.45) is 5.92 Å². The molecule has 8 heteroatoms. The monoisotopic (exact) mass is 419 g/mol. The van der Waals surface area contributed by atoms with Crippen LogP contribution in [-0.2, 0) is 10.0 Å². The zero-order valence-corrected chi connectivity index (χ0v) is 14.6. The molecule has 0 saturated carbocycles. The highest BCUT2D eigenvalue weighted by Crippen LogP contribution is 2.34. The van der Waals surface area contributed by atoms with Crippen LogP contribution in [0.25, 0.3) is 0 Å². The van der Waals surface area contributed by atoms with Crippen LogP contribution in [-0.4, -0.2) is 26.7 Å². The van der Waals surface area contributed by atoms with Gasteiger partial charge < -0.3 is 5.11 Å². The van der Waals surface area contributed by atoms with E-state index in [0.29, 0.717) is 16.8 Å². The second-order valence-corrected chi connectivity index (χ2v) is 9.31. The van der Waals surface area contributed by atoms with Gasteiger partial charge in [0.15, 0.2) is 0 Å². The van der Waals surface area contributed by atoms with Gasteiger partial charge in [0.25, 0.3) is 0 Å². The molecule has 1 aromatic rings. The zero-order valence-electron chi connectivity index (χ0n) is 9.82. The number of hydrogen-bond donors (Lipinski definition) is 2. The fourth-order valence-corrected chi connectivity index (χ4v) is 6.37. The van der Waals surface area contributed by atoms with Crippen molar-refractivity contribution in [2.45, 2.75) is 24.7 Å². The Balaban J connectivity index is 2.74. The predicted molar refractivity (Wildman–Crippen MR) is 80.4 cm³/mol. The van der Waals surface area contributed by atoms with E-state index in [-0.39, 0.29) is 17.4 Å². The number of aliphatic hydroxyl groups excluding tert-OH is 1. The van der Waals surface area contributed by atoms with E-state index < -0.39 is 10.0 Å². The van der Waals surface area contributed by atoms with Gasteiger partial charge in [-0.05, 0) is 50.3 Å². The zero-order chi connectivity index (χ0) is 13.8. The minimum absolute atomic E-state index is 0.0773. The maximum Gasteiger partial charge on any atom is 0.242 e. The van der Waals surface area contributed by atoms with Crippen molar-refractivity contribution in [1.29, 1.82) is 0 Å². The summed E-state index contributed by atoms with van der Waals surface area (Å²) in [6.45, 7) is 2.40. The molecule has 1 atom stereocenters. The Kier molecular flexibility index (Phi) is 6.77. The molecule has 4 nitrogen and oxygen atoms in total. The minimum atomic E-state index is -3.49. The molecular formula is C10H15Br2NO3S2. The van der Waals surface area contributed by atoms with E-state index in [1.807, 2.05) is 6.92 Å². The molecule has 1 rings (SSSR count). The van der Waals surface area contributed by atoms with Crippen LogP contribution >= 0.6 is 43.2 Å². The lowest BCUT2D eigenvalue weighted by Gasteiger charge is -2.14. The Labute approximate surface area is 128 Å². The van der Waals surface area contributed by atoms with Crippen molar-refractivity contribution in [3.63, 3.8) is 0 Å². The van der Waals surface area contributed by atoms with Gasteiger partial charge in [-0.3, -0.25) is 0 Å². The third-order valence-corrected chi connectivity index (χ3v) is 6.77. The fraction of sp³-hybridized carbons (Fsp3) is 0.600. The normalized spacial score (nSPS) is 13.8. The molecular weight excluding hydrogens is 406 g/mol. The highest BCUT2D eigenvalue weighted by atomic mass is 79.9. The Morgan fingerprint density at radius 3 is 2.61 bits per heavy atom. The Morgan fingerprint density at radius 1 is 1.50 bits per heavy atom. The molecule has 104 valence electrons. The standard InChI is InChI=1S/C10H15Br2NO3S2/c1-2-7(3-4-14)6-13-18(15,16)8-5-9(11)17-10(8)12/h5,7,13-14H,2-4,6H2,1H3. The van der Waals surface area contributed by atoms with E-state index in [9.17, 15) is 8.42 Å². The highest BCUT2D eigenvalue weighted by molar-refractivity contribution is 9.12.